The fourth-order valence-corrected chi connectivity index (χ4v) is 1.81. The summed E-state index contributed by atoms with van der Waals surface area (Å²) < 4.78 is 4.81. The molecule has 0 aliphatic rings. The topological polar surface area (TPSA) is 111 Å². The summed E-state index contributed by atoms with van der Waals surface area (Å²) in [5.41, 5.74) is 0.0442. The van der Waals surface area contributed by atoms with Gasteiger partial charge in [-0.15, -0.1) is 0 Å². The van der Waals surface area contributed by atoms with Crippen LogP contribution in [0.5, 0.6) is 0 Å². The van der Waals surface area contributed by atoms with E-state index < -0.39 is 23.4 Å². The van der Waals surface area contributed by atoms with Crippen LogP contribution in [-0.4, -0.2) is 28.4 Å². The maximum Gasteiger partial charge on any atom is 0.340 e. The Balaban J connectivity index is 1.94. The van der Waals surface area contributed by atoms with Crippen LogP contribution in [0.15, 0.2) is 42.7 Å². The van der Waals surface area contributed by atoms with E-state index in [1.54, 1.807) is 6.07 Å². The first kappa shape index (κ1) is 16.4. The van der Waals surface area contributed by atoms with E-state index >= 15 is 0 Å². The second kappa shape index (κ2) is 7.32. The summed E-state index contributed by atoms with van der Waals surface area (Å²) in [5.74, 6) is -1.34. The van der Waals surface area contributed by atoms with Gasteiger partial charge in [0.05, 0.1) is 10.5 Å². The second-order valence-corrected chi connectivity index (χ2v) is 4.70. The van der Waals surface area contributed by atoms with Crippen molar-refractivity contribution in [3.05, 3.63) is 63.4 Å². The van der Waals surface area contributed by atoms with Crippen LogP contribution in [0.25, 0.3) is 0 Å². The van der Waals surface area contributed by atoms with Crippen molar-refractivity contribution >= 4 is 34.9 Å². The Morgan fingerprint density at radius 1 is 1.35 bits per heavy atom. The predicted octanol–water partition coefficient (Wildman–Crippen LogP) is 2.44. The number of nitrogens with zero attached hydrogens (tertiary/aromatic N) is 2. The smallest absolute Gasteiger partial charge is 0.340 e. The van der Waals surface area contributed by atoms with Gasteiger partial charge in [0.1, 0.15) is 5.02 Å². The lowest BCUT2D eigenvalue weighted by Gasteiger charge is -2.07. The molecule has 0 saturated carbocycles. The molecule has 0 fully saturated rings. The second-order valence-electron chi connectivity index (χ2n) is 4.29. The van der Waals surface area contributed by atoms with E-state index in [0.717, 1.165) is 6.07 Å². The lowest BCUT2D eigenvalue weighted by atomic mass is 10.3. The Hall–Kier alpha value is -3.00. The van der Waals surface area contributed by atoms with Crippen molar-refractivity contribution in [2.75, 3.05) is 11.9 Å². The largest absolute Gasteiger partial charge is 0.452 e. The van der Waals surface area contributed by atoms with Gasteiger partial charge in [-0.25, -0.2) is 4.79 Å². The van der Waals surface area contributed by atoms with E-state index in [4.69, 9.17) is 16.3 Å². The fourth-order valence-electron chi connectivity index (χ4n) is 1.63. The van der Waals surface area contributed by atoms with Crippen LogP contribution in [0.4, 0.5) is 11.4 Å². The third-order valence-corrected chi connectivity index (χ3v) is 2.98. The van der Waals surface area contributed by atoms with E-state index in [1.807, 2.05) is 0 Å². The fraction of sp³-hybridized carbons (Fsp3) is 0.0714. The number of hydrogen-bond donors (Lipinski definition) is 1. The molecule has 1 amide bonds. The van der Waals surface area contributed by atoms with E-state index in [-0.39, 0.29) is 22.0 Å². The average molecular weight is 336 g/mol. The van der Waals surface area contributed by atoms with E-state index in [2.05, 4.69) is 10.3 Å². The summed E-state index contributed by atoms with van der Waals surface area (Å²) in [5, 5.41) is 13.1. The van der Waals surface area contributed by atoms with Crippen LogP contribution < -0.4 is 5.32 Å². The average Bonchev–Trinajstić information content (AvgIpc) is 2.55. The summed E-state index contributed by atoms with van der Waals surface area (Å²) >= 11 is 5.67. The Morgan fingerprint density at radius 2 is 2.13 bits per heavy atom. The number of carbonyl (C=O) groups excluding carboxylic acids is 2. The molecule has 118 valence electrons. The third kappa shape index (κ3) is 4.48. The number of ether oxygens (including phenoxy) is 1. The zero-order valence-electron chi connectivity index (χ0n) is 11.6. The van der Waals surface area contributed by atoms with Gasteiger partial charge in [0.2, 0.25) is 0 Å². The molecule has 2 aromatic rings. The number of nitro benzene ring substituents is 1. The van der Waals surface area contributed by atoms with Crippen LogP contribution in [0.1, 0.15) is 10.4 Å². The van der Waals surface area contributed by atoms with Crippen molar-refractivity contribution in [2.45, 2.75) is 0 Å². The van der Waals surface area contributed by atoms with Crippen LogP contribution >= 0.6 is 11.6 Å². The van der Waals surface area contributed by atoms with Crippen molar-refractivity contribution in [3.8, 4) is 0 Å². The number of halogens is 1. The van der Waals surface area contributed by atoms with Gasteiger partial charge >= 0.3 is 5.97 Å². The number of nitro groups is 1. The molecule has 0 unspecified atom stereocenters. The summed E-state index contributed by atoms with van der Waals surface area (Å²) in [7, 11) is 0. The molecular weight excluding hydrogens is 326 g/mol. The zero-order valence-corrected chi connectivity index (χ0v) is 12.3. The molecule has 9 heteroatoms. The Morgan fingerprint density at radius 3 is 2.78 bits per heavy atom. The summed E-state index contributed by atoms with van der Waals surface area (Å²) in [6, 6.07) is 6.86. The number of esters is 1. The molecule has 8 nitrogen and oxygen atoms in total. The molecule has 1 N–H and O–H groups in total. The first-order valence-electron chi connectivity index (χ1n) is 6.28. The third-order valence-electron chi connectivity index (χ3n) is 2.66. The highest BCUT2D eigenvalue weighted by Crippen LogP contribution is 2.27. The number of hydrogen-bond acceptors (Lipinski definition) is 6. The molecule has 0 aliphatic heterocycles. The summed E-state index contributed by atoms with van der Waals surface area (Å²) in [6.07, 6.45) is 2.81. The summed E-state index contributed by atoms with van der Waals surface area (Å²) in [4.78, 5) is 37.2. The maximum absolute atomic E-state index is 11.7. The minimum Gasteiger partial charge on any atom is -0.452 e. The van der Waals surface area contributed by atoms with Gasteiger partial charge in [-0.2, -0.15) is 0 Å². The van der Waals surface area contributed by atoms with Crippen molar-refractivity contribution in [3.63, 3.8) is 0 Å². The first-order chi connectivity index (χ1) is 11.0. The molecule has 0 atom stereocenters. The summed E-state index contributed by atoms with van der Waals surface area (Å²) in [6.45, 7) is -0.538. The van der Waals surface area contributed by atoms with Crippen molar-refractivity contribution in [1.29, 1.82) is 0 Å². The molecule has 0 radical (unpaired) electrons. The predicted molar refractivity (Wildman–Crippen MR) is 81.3 cm³/mol. The molecule has 1 aromatic heterocycles. The molecule has 23 heavy (non-hydrogen) atoms. The van der Waals surface area contributed by atoms with Crippen molar-refractivity contribution in [1.82, 2.24) is 4.98 Å². The number of carbonyl (C=O) groups is 2. The van der Waals surface area contributed by atoms with Crippen molar-refractivity contribution < 1.29 is 19.2 Å². The number of amides is 1. The lowest BCUT2D eigenvalue weighted by molar-refractivity contribution is -0.384. The number of pyridine rings is 1. The lowest BCUT2D eigenvalue weighted by Crippen LogP contribution is -2.21. The van der Waals surface area contributed by atoms with Crippen LogP contribution in [0.2, 0.25) is 5.02 Å². The standard InChI is InChI=1S/C14H10ClN3O5/c15-11-4-3-10(6-12(11)18(21)22)17-13(19)8-23-14(20)9-2-1-5-16-7-9/h1-7H,8H2,(H,17,19). The SMILES string of the molecule is O=C(COC(=O)c1cccnc1)Nc1ccc(Cl)c([N+](=O)[O-])c1. The van der Waals surface area contributed by atoms with Gasteiger partial charge in [-0.3, -0.25) is 19.9 Å². The number of rotatable bonds is 5. The molecule has 0 spiro atoms. The molecular formula is C14H10ClN3O5. The highest BCUT2D eigenvalue weighted by Gasteiger charge is 2.15. The maximum atomic E-state index is 11.7. The highest BCUT2D eigenvalue weighted by atomic mass is 35.5. The van der Waals surface area contributed by atoms with Gasteiger partial charge in [-0.1, -0.05) is 11.6 Å². The normalized spacial score (nSPS) is 9.96. The van der Waals surface area contributed by atoms with Gasteiger partial charge in [0.25, 0.3) is 11.6 Å². The van der Waals surface area contributed by atoms with E-state index in [9.17, 15) is 19.7 Å². The highest BCUT2D eigenvalue weighted by molar-refractivity contribution is 6.32. The van der Waals surface area contributed by atoms with E-state index in [1.165, 1.54) is 30.6 Å². The minimum absolute atomic E-state index is 0.0454. The van der Waals surface area contributed by atoms with Gasteiger partial charge in [0, 0.05) is 24.1 Å². The Bertz CT molecular complexity index is 751. The number of anilines is 1. The zero-order chi connectivity index (χ0) is 16.8. The Kier molecular flexibility index (Phi) is 5.21. The first-order valence-corrected chi connectivity index (χ1v) is 6.66. The Labute approximate surface area is 135 Å². The van der Waals surface area contributed by atoms with Gasteiger partial charge in [0.15, 0.2) is 6.61 Å². The van der Waals surface area contributed by atoms with Crippen LogP contribution in [-0.2, 0) is 9.53 Å². The molecule has 1 aromatic carbocycles. The molecule has 1 heterocycles. The number of aromatic nitrogens is 1. The molecule has 2 rings (SSSR count). The number of nitrogens with one attached hydrogen (secondary N) is 1. The number of benzene rings is 1. The van der Waals surface area contributed by atoms with Gasteiger partial charge < -0.3 is 10.1 Å². The monoisotopic (exact) mass is 335 g/mol. The van der Waals surface area contributed by atoms with Gasteiger partial charge in [-0.05, 0) is 24.3 Å². The minimum atomic E-state index is -0.699. The van der Waals surface area contributed by atoms with E-state index in [0.29, 0.717) is 0 Å². The van der Waals surface area contributed by atoms with Crippen LogP contribution in [0, 0.1) is 10.1 Å². The molecule has 0 saturated heterocycles. The quantitative estimate of drug-likeness (QED) is 0.510. The van der Waals surface area contributed by atoms with Crippen LogP contribution in [0.3, 0.4) is 0 Å². The molecule has 0 aliphatic carbocycles. The van der Waals surface area contributed by atoms with Crippen molar-refractivity contribution in [2.24, 2.45) is 0 Å². The molecule has 0 bridgehead atoms.